The molecule has 0 saturated heterocycles. The Balaban J connectivity index is 2.44. The molecule has 1 unspecified atom stereocenters. The summed E-state index contributed by atoms with van der Waals surface area (Å²) in [5, 5.41) is 11.0. The molecule has 0 spiro atoms. The van der Waals surface area contributed by atoms with Crippen LogP contribution in [0.1, 0.15) is 17.2 Å². The number of methoxy groups -OCH3 is 1. The van der Waals surface area contributed by atoms with Crippen molar-refractivity contribution in [2.24, 2.45) is 0 Å². The summed E-state index contributed by atoms with van der Waals surface area (Å²) in [6, 6.07) is 12.7. The van der Waals surface area contributed by atoms with E-state index in [1.807, 2.05) is 30.3 Å². The third kappa shape index (κ3) is 2.86. The summed E-state index contributed by atoms with van der Waals surface area (Å²) in [5.74, 6) is 0.644. The maximum Gasteiger partial charge on any atom is 0.125 e. The van der Waals surface area contributed by atoms with Gasteiger partial charge in [-0.3, -0.25) is 0 Å². The van der Waals surface area contributed by atoms with E-state index in [-0.39, 0.29) is 0 Å². The lowest BCUT2D eigenvalue weighted by Crippen LogP contribution is -2.02. The van der Waals surface area contributed by atoms with Gasteiger partial charge in [-0.1, -0.05) is 39.7 Å². The average molecular weight is 328 g/mol. The number of rotatable bonds is 3. The SMILES string of the molecule is COc1ccc(Br)cc1C(O)c1cccc(Cl)c1. The highest BCUT2D eigenvalue weighted by Crippen LogP contribution is 2.33. The molecule has 2 aromatic carbocycles. The van der Waals surface area contributed by atoms with Gasteiger partial charge in [0.1, 0.15) is 11.9 Å². The summed E-state index contributed by atoms with van der Waals surface area (Å²) in [4.78, 5) is 0. The van der Waals surface area contributed by atoms with E-state index in [2.05, 4.69) is 15.9 Å². The zero-order valence-electron chi connectivity index (χ0n) is 9.73. The molecular weight excluding hydrogens is 316 g/mol. The van der Waals surface area contributed by atoms with Crippen LogP contribution < -0.4 is 4.74 Å². The Bertz CT molecular complexity index is 557. The molecule has 0 aliphatic carbocycles. The monoisotopic (exact) mass is 326 g/mol. The van der Waals surface area contributed by atoms with E-state index in [1.54, 1.807) is 19.2 Å². The Morgan fingerprint density at radius 3 is 2.67 bits per heavy atom. The average Bonchev–Trinajstić information content (AvgIpc) is 2.38. The molecule has 2 rings (SSSR count). The first-order valence-corrected chi connectivity index (χ1v) is 6.56. The highest BCUT2D eigenvalue weighted by molar-refractivity contribution is 9.10. The Morgan fingerprint density at radius 1 is 1.22 bits per heavy atom. The zero-order valence-corrected chi connectivity index (χ0v) is 12.1. The van der Waals surface area contributed by atoms with Gasteiger partial charge in [0.05, 0.1) is 7.11 Å². The number of hydrogen-bond donors (Lipinski definition) is 1. The maximum absolute atomic E-state index is 10.4. The van der Waals surface area contributed by atoms with Crippen LogP contribution in [0.15, 0.2) is 46.9 Å². The number of ether oxygens (including phenoxy) is 1. The number of benzene rings is 2. The van der Waals surface area contributed by atoms with Gasteiger partial charge in [0.15, 0.2) is 0 Å². The van der Waals surface area contributed by atoms with Crippen molar-refractivity contribution >= 4 is 27.5 Å². The number of aliphatic hydroxyl groups is 1. The number of aliphatic hydroxyl groups excluding tert-OH is 1. The lowest BCUT2D eigenvalue weighted by molar-refractivity contribution is 0.214. The zero-order chi connectivity index (χ0) is 13.1. The molecule has 18 heavy (non-hydrogen) atoms. The third-order valence-electron chi connectivity index (χ3n) is 2.65. The van der Waals surface area contributed by atoms with Crippen molar-refractivity contribution in [3.63, 3.8) is 0 Å². The minimum atomic E-state index is -0.767. The lowest BCUT2D eigenvalue weighted by atomic mass is 10.0. The summed E-state index contributed by atoms with van der Waals surface area (Å²) in [6.45, 7) is 0. The Morgan fingerprint density at radius 2 is 2.00 bits per heavy atom. The molecule has 0 aliphatic heterocycles. The Labute approximate surface area is 119 Å². The highest BCUT2D eigenvalue weighted by atomic mass is 79.9. The van der Waals surface area contributed by atoms with Gasteiger partial charge in [0.25, 0.3) is 0 Å². The molecule has 0 aromatic heterocycles. The molecule has 2 nitrogen and oxygen atoms in total. The fraction of sp³-hybridized carbons (Fsp3) is 0.143. The fourth-order valence-corrected chi connectivity index (χ4v) is 2.35. The van der Waals surface area contributed by atoms with Gasteiger partial charge in [-0.2, -0.15) is 0 Å². The van der Waals surface area contributed by atoms with Crippen LogP contribution in [0.5, 0.6) is 5.75 Å². The van der Waals surface area contributed by atoms with Crippen molar-refractivity contribution in [3.8, 4) is 5.75 Å². The van der Waals surface area contributed by atoms with E-state index in [0.29, 0.717) is 16.3 Å². The predicted octanol–water partition coefficient (Wildman–Crippen LogP) is 4.19. The molecule has 94 valence electrons. The first-order chi connectivity index (χ1) is 8.61. The second-order valence-electron chi connectivity index (χ2n) is 3.84. The van der Waals surface area contributed by atoms with Crippen molar-refractivity contribution in [3.05, 3.63) is 63.1 Å². The summed E-state index contributed by atoms with van der Waals surface area (Å²) in [7, 11) is 1.58. The van der Waals surface area contributed by atoms with E-state index in [0.717, 1.165) is 10.0 Å². The van der Waals surface area contributed by atoms with Gasteiger partial charge in [-0.15, -0.1) is 0 Å². The lowest BCUT2D eigenvalue weighted by Gasteiger charge is -2.15. The standard InChI is InChI=1S/C14H12BrClO2/c1-18-13-6-5-10(15)8-12(13)14(17)9-3-2-4-11(16)7-9/h2-8,14,17H,1H3. The molecule has 2 aromatic rings. The second kappa shape index (κ2) is 5.74. The molecule has 0 amide bonds. The molecule has 0 radical (unpaired) electrons. The quantitative estimate of drug-likeness (QED) is 0.916. The van der Waals surface area contributed by atoms with Crippen molar-refractivity contribution < 1.29 is 9.84 Å². The second-order valence-corrected chi connectivity index (χ2v) is 5.20. The number of halogens is 2. The predicted molar refractivity (Wildman–Crippen MR) is 76.2 cm³/mol. The minimum absolute atomic E-state index is 0.598. The third-order valence-corrected chi connectivity index (χ3v) is 3.38. The van der Waals surface area contributed by atoms with E-state index < -0.39 is 6.10 Å². The van der Waals surface area contributed by atoms with Gasteiger partial charge in [0, 0.05) is 15.1 Å². The first kappa shape index (κ1) is 13.4. The van der Waals surface area contributed by atoms with E-state index in [1.165, 1.54) is 0 Å². The summed E-state index contributed by atoms with van der Waals surface area (Å²) in [6.07, 6.45) is -0.767. The Hall–Kier alpha value is -1.03. The van der Waals surface area contributed by atoms with Crippen LogP contribution in [0.3, 0.4) is 0 Å². The van der Waals surface area contributed by atoms with Crippen LogP contribution in [0, 0.1) is 0 Å². The summed E-state index contributed by atoms with van der Waals surface area (Å²) >= 11 is 9.32. The van der Waals surface area contributed by atoms with Crippen LogP contribution in [0.25, 0.3) is 0 Å². The van der Waals surface area contributed by atoms with Crippen LogP contribution in [-0.2, 0) is 0 Å². The molecule has 0 saturated carbocycles. The van der Waals surface area contributed by atoms with Gasteiger partial charge in [0.2, 0.25) is 0 Å². The fourth-order valence-electron chi connectivity index (χ4n) is 1.78. The molecule has 1 atom stereocenters. The molecule has 0 heterocycles. The van der Waals surface area contributed by atoms with Gasteiger partial charge in [-0.05, 0) is 35.9 Å². The summed E-state index contributed by atoms with van der Waals surface area (Å²) < 4.78 is 6.15. The van der Waals surface area contributed by atoms with Crippen molar-refractivity contribution in [2.45, 2.75) is 6.10 Å². The molecule has 0 bridgehead atoms. The van der Waals surface area contributed by atoms with E-state index in [9.17, 15) is 5.11 Å². The molecular formula is C14H12BrClO2. The maximum atomic E-state index is 10.4. The number of hydrogen-bond acceptors (Lipinski definition) is 2. The smallest absolute Gasteiger partial charge is 0.125 e. The Kier molecular flexibility index (Phi) is 4.27. The first-order valence-electron chi connectivity index (χ1n) is 5.39. The van der Waals surface area contributed by atoms with Crippen LogP contribution in [0.4, 0.5) is 0 Å². The van der Waals surface area contributed by atoms with E-state index >= 15 is 0 Å². The highest BCUT2D eigenvalue weighted by Gasteiger charge is 2.16. The largest absolute Gasteiger partial charge is 0.496 e. The van der Waals surface area contributed by atoms with Gasteiger partial charge < -0.3 is 9.84 Å². The molecule has 0 aliphatic rings. The molecule has 1 N–H and O–H groups in total. The van der Waals surface area contributed by atoms with Crippen molar-refractivity contribution in [1.29, 1.82) is 0 Å². The van der Waals surface area contributed by atoms with Crippen LogP contribution in [-0.4, -0.2) is 12.2 Å². The molecule has 0 fully saturated rings. The van der Waals surface area contributed by atoms with Crippen LogP contribution in [0.2, 0.25) is 5.02 Å². The molecule has 4 heteroatoms. The van der Waals surface area contributed by atoms with Gasteiger partial charge in [-0.25, -0.2) is 0 Å². The van der Waals surface area contributed by atoms with Crippen molar-refractivity contribution in [1.82, 2.24) is 0 Å². The van der Waals surface area contributed by atoms with E-state index in [4.69, 9.17) is 16.3 Å². The summed E-state index contributed by atoms with van der Waals surface area (Å²) in [5.41, 5.74) is 1.44. The van der Waals surface area contributed by atoms with Crippen molar-refractivity contribution in [2.75, 3.05) is 7.11 Å². The topological polar surface area (TPSA) is 29.5 Å². The van der Waals surface area contributed by atoms with Crippen LogP contribution >= 0.6 is 27.5 Å². The van der Waals surface area contributed by atoms with Gasteiger partial charge >= 0.3 is 0 Å². The minimum Gasteiger partial charge on any atom is -0.496 e. The normalized spacial score (nSPS) is 12.2.